The smallest absolute Gasteiger partial charge is 0.410 e. The lowest BCUT2D eigenvalue weighted by molar-refractivity contribution is 0.208. The van der Waals surface area contributed by atoms with Crippen LogP contribution in [0, 0.1) is 0 Å². The summed E-state index contributed by atoms with van der Waals surface area (Å²) >= 11 is 0. The second kappa shape index (κ2) is 4.08. The number of hydrogen-bond acceptors (Lipinski definition) is 3. The summed E-state index contributed by atoms with van der Waals surface area (Å²) in [6.07, 6.45) is -1.25. The third-order valence-corrected chi connectivity index (χ3v) is 1.27. The Morgan fingerprint density at radius 1 is 1.21 bits per heavy atom. The van der Waals surface area contributed by atoms with E-state index in [-0.39, 0.29) is 11.5 Å². The predicted molar refractivity (Wildman–Crippen MR) is 47.5 cm³/mol. The van der Waals surface area contributed by atoms with Crippen LogP contribution in [0.2, 0.25) is 0 Å². The summed E-state index contributed by atoms with van der Waals surface area (Å²) in [6.45, 7) is 0. The molecule has 74 valence electrons. The van der Waals surface area contributed by atoms with Gasteiger partial charge < -0.3 is 10.2 Å². The van der Waals surface area contributed by atoms with Crippen LogP contribution in [0.1, 0.15) is 0 Å². The van der Waals surface area contributed by atoms with Crippen molar-refractivity contribution in [3.8, 4) is 0 Å². The number of nitrogens with zero attached hydrogens (tertiary/aromatic N) is 1. The molecular formula is C7H7N3O4. The van der Waals surface area contributed by atoms with E-state index in [1.807, 2.05) is 10.6 Å². The van der Waals surface area contributed by atoms with E-state index in [4.69, 9.17) is 10.2 Å². The summed E-state index contributed by atoms with van der Waals surface area (Å²) in [5.41, 5.74) is 0.0856. The molecule has 1 aromatic rings. The van der Waals surface area contributed by atoms with Crippen molar-refractivity contribution >= 4 is 23.7 Å². The number of carboxylic acid groups (broad SMARTS) is 2. The van der Waals surface area contributed by atoms with Gasteiger partial charge in [-0.2, -0.15) is 0 Å². The Morgan fingerprint density at radius 2 is 1.86 bits per heavy atom. The highest BCUT2D eigenvalue weighted by Gasteiger charge is 2.07. The van der Waals surface area contributed by atoms with Gasteiger partial charge in [0, 0.05) is 6.20 Å². The van der Waals surface area contributed by atoms with Crippen molar-refractivity contribution in [1.82, 2.24) is 4.98 Å². The lowest BCUT2D eigenvalue weighted by atomic mass is 10.4. The summed E-state index contributed by atoms with van der Waals surface area (Å²) in [5.74, 6) is -0.0533. The van der Waals surface area contributed by atoms with E-state index in [9.17, 15) is 9.59 Å². The fourth-order valence-corrected chi connectivity index (χ4v) is 0.822. The fourth-order valence-electron chi connectivity index (χ4n) is 0.822. The number of aromatic nitrogens is 1. The average Bonchev–Trinajstić information content (AvgIpc) is 2.06. The Kier molecular flexibility index (Phi) is 2.85. The quantitative estimate of drug-likeness (QED) is 0.570. The molecule has 7 heteroatoms. The highest BCUT2D eigenvalue weighted by Crippen LogP contribution is 2.17. The molecule has 1 rings (SSSR count). The summed E-state index contributed by atoms with van der Waals surface area (Å²) < 4.78 is 0. The molecule has 1 aromatic heterocycles. The molecule has 0 fully saturated rings. The summed E-state index contributed by atoms with van der Waals surface area (Å²) in [4.78, 5) is 24.2. The Labute approximate surface area is 78.4 Å². The third-order valence-electron chi connectivity index (χ3n) is 1.27. The van der Waals surface area contributed by atoms with E-state index in [0.29, 0.717) is 0 Å². The van der Waals surface area contributed by atoms with E-state index >= 15 is 0 Å². The van der Waals surface area contributed by atoms with Gasteiger partial charge in [0.2, 0.25) is 0 Å². The highest BCUT2D eigenvalue weighted by molar-refractivity contribution is 5.92. The second-order valence-corrected chi connectivity index (χ2v) is 2.26. The first kappa shape index (κ1) is 9.78. The maximum absolute atomic E-state index is 10.3. The second-order valence-electron chi connectivity index (χ2n) is 2.26. The van der Waals surface area contributed by atoms with E-state index < -0.39 is 12.2 Å². The highest BCUT2D eigenvalue weighted by atomic mass is 16.4. The normalized spacial score (nSPS) is 9.14. The molecule has 0 saturated heterocycles. The van der Waals surface area contributed by atoms with E-state index in [0.717, 1.165) is 0 Å². The molecule has 0 aliphatic heterocycles. The standard InChI is InChI=1S/C7H7N3O4/c11-6(12)9-4-2-1-3-8-5(4)10-7(13)14/h1-3,9H,(H,8,10)(H,11,12)(H,13,14). The Bertz CT molecular complexity index is 331. The Balaban J connectivity index is 2.90. The van der Waals surface area contributed by atoms with Crippen molar-refractivity contribution < 1.29 is 19.8 Å². The van der Waals surface area contributed by atoms with Crippen molar-refractivity contribution in [2.45, 2.75) is 0 Å². The lowest BCUT2D eigenvalue weighted by Crippen LogP contribution is -2.14. The van der Waals surface area contributed by atoms with E-state index in [1.165, 1.54) is 18.3 Å². The average molecular weight is 197 g/mol. The molecule has 0 aliphatic carbocycles. The number of carbonyl (C=O) groups is 2. The van der Waals surface area contributed by atoms with Crippen molar-refractivity contribution in [3.63, 3.8) is 0 Å². The summed E-state index contributed by atoms with van der Waals surface area (Å²) in [5, 5.41) is 20.8. The van der Waals surface area contributed by atoms with Crippen LogP contribution in [-0.2, 0) is 0 Å². The molecule has 7 nitrogen and oxygen atoms in total. The maximum Gasteiger partial charge on any atom is 0.410 e. The third kappa shape index (κ3) is 2.63. The van der Waals surface area contributed by atoms with E-state index in [2.05, 4.69) is 4.98 Å². The van der Waals surface area contributed by atoms with Crippen LogP contribution in [0.15, 0.2) is 18.3 Å². The molecule has 0 spiro atoms. The van der Waals surface area contributed by atoms with Gasteiger partial charge >= 0.3 is 12.2 Å². The van der Waals surface area contributed by atoms with Gasteiger partial charge in [-0.15, -0.1) is 0 Å². The zero-order valence-electron chi connectivity index (χ0n) is 6.89. The van der Waals surface area contributed by atoms with Crippen LogP contribution in [0.3, 0.4) is 0 Å². The molecule has 0 radical (unpaired) electrons. The van der Waals surface area contributed by atoms with Gasteiger partial charge in [0.25, 0.3) is 0 Å². The summed E-state index contributed by atoms with van der Waals surface area (Å²) in [6, 6.07) is 2.88. The molecule has 2 amide bonds. The van der Waals surface area contributed by atoms with Crippen molar-refractivity contribution in [1.29, 1.82) is 0 Å². The molecule has 14 heavy (non-hydrogen) atoms. The SMILES string of the molecule is O=C(O)Nc1cccnc1NC(=O)O. The van der Waals surface area contributed by atoms with Gasteiger partial charge in [-0.05, 0) is 12.1 Å². The summed E-state index contributed by atoms with van der Waals surface area (Å²) in [7, 11) is 0. The largest absolute Gasteiger partial charge is 0.465 e. The minimum absolute atomic E-state index is 0.0533. The first-order valence-electron chi connectivity index (χ1n) is 3.54. The molecular weight excluding hydrogens is 190 g/mol. The van der Waals surface area contributed by atoms with Crippen LogP contribution in [0.25, 0.3) is 0 Å². The van der Waals surface area contributed by atoms with Crippen LogP contribution in [0.4, 0.5) is 21.1 Å². The number of nitrogens with one attached hydrogen (secondary N) is 2. The lowest BCUT2D eigenvalue weighted by Gasteiger charge is -2.06. The first-order chi connectivity index (χ1) is 6.59. The minimum atomic E-state index is -1.31. The molecule has 1 heterocycles. The number of rotatable bonds is 2. The molecule has 0 unspecified atom stereocenters. The number of pyridine rings is 1. The monoisotopic (exact) mass is 197 g/mol. The molecule has 0 aliphatic rings. The molecule has 0 atom stereocenters. The number of amides is 2. The van der Waals surface area contributed by atoms with Gasteiger partial charge in [-0.25, -0.2) is 14.6 Å². The topological polar surface area (TPSA) is 112 Å². The number of hydrogen-bond donors (Lipinski definition) is 4. The fraction of sp³-hybridized carbons (Fsp3) is 0. The molecule has 4 N–H and O–H groups in total. The Morgan fingerprint density at radius 3 is 2.43 bits per heavy atom. The van der Waals surface area contributed by atoms with Crippen molar-refractivity contribution in [2.75, 3.05) is 10.6 Å². The van der Waals surface area contributed by atoms with E-state index in [1.54, 1.807) is 0 Å². The predicted octanol–water partition coefficient (Wildman–Crippen LogP) is 1.26. The van der Waals surface area contributed by atoms with Crippen molar-refractivity contribution in [2.24, 2.45) is 0 Å². The van der Waals surface area contributed by atoms with Crippen molar-refractivity contribution in [3.05, 3.63) is 18.3 Å². The first-order valence-corrected chi connectivity index (χ1v) is 3.54. The van der Waals surface area contributed by atoms with Crippen LogP contribution >= 0.6 is 0 Å². The maximum atomic E-state index is 10.3. The van der Waals surface area contributed by atoms with Gasteiger partial charge in [0.05, 0.1) is 5.69 Å². The zero-order valence-corrected chi connectivity index (χ0v) is 6.89. The number of anilines is 2. The molecule has 0 saturated carbocycles. The van der Waals surface area contributed by atoms with Gasteiger partial charge in [0.15, 0.2) is 5.82 Å². The van der Waals surface area contributed by atoms with Crippen LogP contribution in [0.5, 0.6) is 0 Å². The van der Waals surface area contributed by atoms with Gasteiger partial charge in [-0.1, -0.05) is 0 Å². The molecule has 0 aromatic carbocycles. The van der Waals surface area contributed by atoms with Crippen LogP contribution in [-0.4, -0.2) is 27.4 Å². The Hall–Kier alpha value is -2.31. The zero-order chi connectivity index (χ0) is 10.6. The minimum Gasteiger partial charge on any atom is -0.465 e. The van der Waals surface area contributed by atoms with Crippen LogP contribution < -0.4 is 10.6 Å². The molecule has 0 bridgehead atoms. The van der Waals surface area contributed by atoms with Gasteiger partial charge in [0.1, 0.15) is 0 Å². The van der Waals surface area contributed by atoms with Gasteiger partial charge in [-0.3, -0.25) is 10.6 Å².